The van der Waals surface area contributed by atoms with Crippen LogP contribution in [0.1, 0.15) is 41.1 Å². The fourth-order valence-corrected chi connectivity index (χ4v) is 4.19. The second-order valence-corrected chi connectivity index (χ2v) is 8.96. The Morgan fingerprint density at radius 2 is 1.81 bits per heavy atom. The third-order valence-corrected chi connectivity index (χ3v) is 5.93. The number of hydrogen-bond acceptors (Lipinski definition) is 7. The molecule has 0 saturated heterocycles. The van der Waals surface area contributed by atoms with Crippen LogP contribution < -0.4 is 10.5 Å². The number of ketones is 1. The summed E-state index contributed by atoms with van der Waals surface area (Å²) in [6.45, 7) is 4.27. The molecule has 0 amide bonds. The number of fused-ring (bicyclic) bond motifs is 1. The Labute approximate surface area is 216 Å². The second kappa shape index (κ2) is 11.9. The molecule has 37 heavy (non-hydrogen) atoms. The van der Waals surface area contributed by atoms with Gasteiger partial charge in [0.1, 0.15) is 24.0 Å². The number of carbonyl (C=O) groups excluding carboxylic acids is 2. The van der Waals surface area contributed by atoms with E-state index < -0.39 is 0 Å². The molecule has 192 valence electrons. The number of benzene rings is 3. The van der Waals surface area contributed by atoms with Gasteiger partial charge in [-0.2, -0.15) is 0 Å². The number of nitrogens with two attached hydrogens (primary N) is 1. The predicted octanol–water partition coefficient (Wildman–Crippen LogP) is 5.46. The van der Waals surface area contributed by atoms with Crippen LogP contribution in [0.25, 0.3) is 22.1 Å². The van der Waals surface area contributed by atoms with Crippen molar-refractivity contribution in [2.75, 3.05) is 13.7 Å². The van der Waals surface area contributed by atoms with E-state index in [1.165, 1.54) is 6.92 Å². The van der Waals surface area contributed by atoms with E-state index in [0.717, 1.165) is 33.2 Å². The maximum atomic E-state index is 12.4. The fourth-order valence-electron chi connectivity index (χ4n) is 4.19. The molecule has 0 spiro atoms. The van der Waals surface area contributed by atoms with Gasteiger partial charge in [-0.05, 0) is 53.9 Å². The average Bonchev–Trinajstić information content (AvgIpc) is 3.32. The molecule has 0 aliphatic rings. The first-order valence-corrected chi connectivity index (χ1v) is 12.1. The van der Waals surface area contributed by atoms with E-state index in [9.17, 15) is 9.59 Å². The van der Waals surface area contributed by atoms with E-state index in [0.29, 0.717) is 30.2 Å². The first-order valence-electron chi connectivity index (χ1n) is 12.1. The van der Waals surface area contributed by atoms with Crippen LogP contribution in [0.2, 0.25) is 0 Å². The van der Waals surface area contributed by atoms with Crippen LogP contribution in [-0.4, -0.2) is 31.6 Å². The second-order valence-electron chi connectivity index (χ2n) is 8.96. The third-order valence-electron chi connectivity index (χ3n) is 5.93. The largest absolute Gasteiger partial charge is 0.489 e. The normalized spacial score (nSPS) is 11.9. The summed E-state index contributed by atoms with van der Waals surface area (Å²) in [5.74, 6) is 0.411. The summed E-state index contributed by atoms with van der Waals surface area (Å²) in [6, 6.07) is 21.0. The molecule has 1 unspecified atom stereocenters. The highest BCUT2D eigenvalue weighted by atomic mass is 16.6. The molecule has 0 aliphatic heterocycles. The minimum Gasteiger partial charge on any atom is -0.489 e. The summed E-state index contributed by atoms with van der Waals surface area (Å²) in [4.78, 5) is 24.4. The molecule has 7 heteroatoms. The van der Waals surface area contributed by atoms with Crippen LogP contribution in [0.3, 0.4) is 0 Å². The quantitative estimate of drug-likeness (QED) is 0.215. The zero-order valence-electron chi connectivity index (χ0n) is 21.3. The average molecular weight is 502 g/mol. The van der Waals surface area contributed by atoms with Gasteiger partial charge in [-0.25, -0.2) is 0 Å². The lowest BCUT2D eigenvalue weighted by atomic mass is 9.99. The van der Waals surface area contributed by atoms with Crippen LogP contribution in [-0.2, 0) is 33.8 Å². The number of furan rings is 1. The molecular formula is C30H31NO6. The van der Waals surface area contributed by atoms with E-state index in [1.807, 2.05) is 60.7 Å². The molecule has 0 radical (unpaired) electrons. The number of para-hydroxylation sites is 1. The Morgan fingerprint density at radius 3 is 2.57 bits per heavy atom. The van der Waals surface area contributed by atoms with Crippen LogP contribution >= 0.6 is 0 Å². The summed E-state index contributed by atoms with van der Waals surface area (Å²) in [6.07, 6.45) is -0.243. The molecular weight excluding hydrogens is 470 g/mol. The highest BCUT2D eigenvalue weighted by Crippen LogP contribution is 2.34. The number of Topliss-reactive ketones (excluding diaryl/α,β-unsaturated/α-hetero) is 1. The molecule has 1 aromatic heterocycles. The molecule has 2 N–H and O–H groups in total. The van der Waals surface area contributed by atoms with E-state index in [4.69, 9.17) is 24.4 Å². The van der Waals surface area contributed by atoms with Crippen LogP contribution in [0.15, 0.2) is 71.1 Å². The molecule has 0 fully saturated rings. The fraction of sp³-hybridized carbons (Fsp3) is 0.267. The third kappa shape index (κ3) is 6.44. The van der Waals surface area contributed by atoms with E-state index >= 15 is 0 Å². The zero-order chi connectivity index (χ0) is 26.4. The summed E-state index contributed by atoms with van der Waals surface area (Å²) in [5, 5.41) is 0.809. The Bertz CT molecular complexity index is 1410. The lowest BCUT2D eigenvalue weighted by Gasteiger charge is -2.15. The van der Waals surface area contributed by atoms with Gasteiger partial charge in [0.15, 0.2) is 11.5 Å². The van der Waals surface area contributed by atoms with Crippen LogP contribution in [0.5, 0.6) is 5.75 Å². The number of carbonyl (C=O) groups is 2. The minimum absolute atomic E-state index is 0.0874. The van der Waals surface area contributed by atoms with Crippen molar-refractivity contribution in [2.45, 2.75) is 39.5 Å². The Morgan fingerprint density at radius 1 is 1.00 bits per heavy atom. The maximum absolute atomic E-state index is 12.4. The molecule has 4 rings (SSSR count). The number of rotatable bonds is 11. The van der Waals surface area contributed by atoms with Gasteiger partial charge in [-0.15, -0.1) is 0 Å². The molecule has 0 saturated carbocycles. The van der Waals surface area contributed by atoms with Gasteiger partial charge in [-0.1, -0.05) is 36.4 Å². The van der Waals surface area contributed by atoms with E-state index in [2.05, 4.69) is 0 Å². The van der Waals surface area contributed by atoms with Crippen molar-refractivity contribution in [3.63, 3.8) is 0 Å². The highest BCUT2D eigenvalue weighted by molar-refractivity contribution is 6.00. The highest BCUT2D eigenvalue weighted by Gasteiger charge is 2.17. The van der Waals surface area contributed by atoms with Crippen molar-refractivity contribution in [1.82, 2.24) is 0 Å². The monoisotopic (exact) mass is 501 g/mol. The van der Waals surface area contributed by atoms with Crippen molar-refractivity contribution in [3.05, 3.63) is 89.2 Å². The predicted molar refractivity (Wildman–Crippen MR) is 141 cm³/mol. The van der Waals surface area contributed by atoms with Crippen LogP contribution in [0.4, 0.5) is 0 Å². The smallest absolute Gasteiger partial charge is 0.310 e. The van der Waals surface area contributed by atoms with Gasteiger partial charge < -0.3 is 24.4 Å². The Hall–Kier alpha value is -3.94. The van der Waals surface area contributed by atoms with Crippen molar-refractivity contribution in [1.29, 1.82) is 0 Å². The molecule has 0 bridgehead atoms. The Kier molecular flexibility index (Phi) is 8.38. The summed E-state index contributed by atoms with van der Waals surface area (Å²) < 4.78 is 22.5. The number of hydrogen-bond donors (Lipinski definition) is 1. The van der Waals surface area contributed by atoms with Gasteiger partial charge in [0.25, 0.3) is 0 Å². The van der Waals surface area contributed by atoms with Crippen molar-refractivity contribution in [2.24, 2.45) is 5.73 Å². The molecule has 3 aromatic carbocycles. The molecule has 1 atom stereocenters. The van der Waals surface area contributed by atoms with Gasteiger partial charge in [0, 0.05) is 37.1 Å². The van der Waals surface area contributed by atoms with E-state index in [1.54, 1.807) is 20.1 Å². The summed E-state index contributed by atoms with van der Waals surface area (Å²) in [7, 11) is 1.57. The molecule has 7 nitrogen and oxygen atoms in total. The summed E-state index contributed by atoms with van der Waals surface area (Å²) >= 11 is 0. The van der Waals surface area contributed by atoms with E-state index in [-0.39, 0.29) is 30.9 Å². The SMILES string of the molecule is COCC(C)OC(=O)Cc1ccccc1OCc1cc(-c2cccc(CN)c2)c2oc(C(C)=O)cc2c1. The first-order chi connectivity index (χ1) is 17.9. The molecule has 4 aromatic rings. The number of ether oxygens (including phenoxy) is 3. The lowest BCUT2D eigenvalue weighted by Crippen LogP contribution is -2.21. The van der Waals surface area contributed by atoms with Gasteiger partial charge in [0.05, 0.1) is 13.0 Å². The topological polar surface area (TPSA) is 101 Å². The standard InChI is InChI=1S/C30H31NO6/c1-19(17-34-3)36-29(33)15-24-8-4-5-10-27(24)35-18-22-12-25-14-28(20(2)32)37-30(25)26(13-22)23-9-6-7-21(11-23)16-31/h4-14,19H,15-18,31H2,1-3H3. The summed E-state index contributed by atoms with van der Waals surface area (Å²) in [5.41, 5.74) is 10.9. The van der Waals surface area contributed by atoms with Gasteiger partial charge in [-0.3, -0.25) is 9.59 Å². The van der Waals surface area contributed by atoms with Crippen molar-refractivity contribution in [3.8, 4) is 16.9 Å². The van der Waals surface area contributed by atoms with Gasteiger partial charge >= 0.3 is 5.97 Å². The van der Waals surface area contributed by atoms with Crippen LogP contribution in [0, 0.1) is 0 Å². The maximum Gasteiger partial charge on any atom is 0.310 e. The first kappa shape index (κ1) is 26.1. The van der Waals surface area contributed by atoms with Crippen molar-refractivity contribution < 1.29 is 28.2 Å². The van der Waals surface area contributed by atoms with Gasteiger partial charge in [0.2, 0.25) is 0 Å². The number of esters is 1. The molecule has 0 aliphatic carbocycles. The Balaban J connectivity index is 1.61. The molecule has 1 heterocycles. The number of methoxy groups -OCH3 is 1. The minimum atomic E-state index is -0.348. The lowest BCUT2D eigenvalue weighted by molar-refractivity contribution is -0.149. The zero-order valence-corrected chi connectivity index (χ0v) is 21.3. The van der Waals surface area contributed by atoms with Crippen molar-refractivity contribution >= 4 is 22.7 Å².